The summed E-state index contributed by atoms with van der Waals surface area (Å²) >= 11 is 1.18. The predicted octanol–water partition coefficient (Wildman–Crippen LogP) is 4.19. The first-order valence-electron chi connectivity index (χ1n) is 14.9. The van der Waals surface area contributed by atoms with Crippen molar-refractivity contribution in [3.8, 4) is 17.2 Å². The molecule has 0 aromatic heterocycles. The van der Waals surface area contributed by atoms with E-state index in [2.05, 4.69) is 10.6 Å². The first-order valence-corrected chi connectivity index (χ1v) is 17.3. The molecule has 4 aromatic carbocycles. The Kier molecular flexibility index (Phi) is 10.9. The van der Waals surface area contributed by atoms with Crippen LogP contribution in [0.5, 0.6) is 17.2 Å². The quantitative estimate of drug-likeness (QED) is 0.142. The highest BCUT2D eigenvalue weighted by Crippen LogP contribution is 2.37. The van der Waals surface area contributed by atoms with Crippen molar-refractivity contribution in [3.05, 3.63) is 108 Å². The lowest BCUT2D eigenvalue weighted by atomic mass is 10.1. The predicted molar refractivity (Wildman–Crippen MR) is 188 cm³/mol. The maximum absolute atomic E-state index is 13.6. The van der Waals surface area contributed by atoms with Gasteiger partial charge in [0, 0.05) is 34.2 Å². The molecule has 1 unspecified atom stereocenters. The summed E-state index contributed by atoms with van der Waals surface area (Å²) in [7, 11) is 0.481. The minimum atomic E-state index is -3.93. The van der Waals surface area contributed by atoms with Crippen LogP contribution in [0.3, 0.4) is 0 Å². The summed E-state index contributed by atoms with van der Waals surface area (Å²) in [6, 6.07) is 23.4. The number of nitrogens with zero attached hydrogens (tertiary/aromatic N) is 1. The van der Waals surface area contributed by atoms with E-state index in [-0.39, 0.29) is 22.7 Å². The Morgan fingerprint density at radius 2 is 1.48 bits per heavy atom. The molecule has 1 saturated heterocycles. The maximum Gasteiger partial charge on any atom is 0.272 e. The number of nitrogens with two attached hydrogens (primary N) is 1. The van der Waals surface area contributed by atoms with Crippen LogP contribution in [-0.4, -0.2) is 58.6 Å². The molecule has 0 radical (unpaired) electrons. The molecule has 0 aliphatic carbocycles. The standard InChI is InChI=1S/C35H32N4O9S2/c1-46-28-19-30(48-3)29(47-2)18-22(28)17-27(38-33(41)21-7-5-4-6-8-21)34(42)37-23-9-13-25(14-10-23)49-31-20-32(40)39(35(31)43)24-11-15-26(16-12-24)50(36,44)45/h4-19,31H,20H2,1-3H3,(H,37,42)(H,38,41)(H2,36,44,45)/b27-17-. The number of imide groups is 1. The minimum Gasteiger partial charge on any atom is -0.496 e. The number of ether oxygens (including phenoxy) is 3. The fourth-order valence-corrected chi connectivity index (χ4v) is 6.56. The Hall–Kier alpha value is -5.64. The molecule has 15 heteroatoms. The number of hydrogen-bond acceptors (Lipinski definition) is 10. The van der Waals surface area contributed by atoms with Crippen molar-refractivity contribution in [1.82, 2.24) is 5.32 Å². The highest BCUT2D eigenvalue weighted by atomic mass is 32.2. The van der Waals surface area contributed by atoms with E-state index < -0.39 is 38.9 Å². The first kappa shape index (κ1) is 35.7. The van der Waals surface area contributed by atoms with Gasteiger partial charge in [-0.05, 0) is 72.8 Å². The zero-order chi connectivity index (χ0) is 36.0. The van der Waals surface area contributed by atoms with Crippen LogP contribution in [0.15, 0.2) is 106 Å². The maximum atomic E-state index is 13.6. The number of carbonyl (C=O) groups excluding carboxylic acids is 4. The highest BCUT2D eigenvalue weighted by Gasteiger charge is 2.40. The molecule has 50 heavy (non-hydrogen) atoms. The highest BCUT2D eigenvalue weighted by molar-refractivity contribution is 8.00. The molecule has 4 N–H and O–H groups in total. The number of nitrogens with one attached hydrogen (secondary N) is 2. The van der Waals surface area contributed by atoms with Crippen molar-refractivity contribution >= 4 is 62.9 Å². The fraction of sp³-hybridized carbons (Fsp3) is 0.143. The van der Waals surface area contributed by atoms with Crippen LogP contribution in [0.2, 0.25) is 0 Å². The molecular formula is C35H32N4O9S2. The van der Waals surface area contributed by atoms with Crippen LogP contribution >= 0.6 is 11.8 Å². The Labute approximate surface area is 292 Å². The zero-order valence-corrected chi connectivity index (χ0v) is 28.7. The lowest BCUT2D eigenvalue weighted by Gasteiger charge is -2.16. The lowest BCUT2D eigenvalue weighted by Crippen LogP contribution is -2.31. The van der Waals surface area contributed by atoms with Crippen LogP contribution in [0, 0.1) is 0 Å². The molecule has 4 amide bonds. The largest absolute Gasteiger partial charge is 0.496 e. The SMILES string of the molecule is COc1cc(OC)c(OC)cc1/C=C(\NC(=O)c1ccccc1)C(=O)Nc1ccc(SC2CC(=O)N(c3ccc(S(N)(=O)=O)cc3)C2=O)cc1. The van der Waals surface area contributed by atoms with E-state index in [4.69, 9.17) is 19.3 Å². The molecule has 4 aromatic rings. The van der Waals surface area contributed by atoms with Gasteiger partial charge >= 0.3 is 0 Å². The van der Waals surface area contributed by atoms with Gasteiger partial charge in [-0.2, -0.15) is 0 Å². The van der Waals surface area contributed by atoms with Gasteiger partial charge in [0.05, 0.1) is 37.2 Å². The molecule has 0 saturated carbocycles. The number of anilines is 2. The third-order valence-corrected chi connectivity index (χ3v) is 9.61. The minimum absolute atomic E-state index is 0.0617. The molecule has 5 rings (SSSR count). The number of amides is 4. The van der Waals surface area contributed by atoms with Crippen LogP contribution < -0.4 is 34.9 Å². The van der Waals surface area contributed by atoms with Crippen molar-refractivity contribution in [3.63, 3.8) is 0 Å². The molecule has 1 atom stereocenters. The second-order valence-corrected chi connectivity index (χ2v) is 13.6. The summed E-state index contributed by atoms with van der Waals surface area (Å²) in [4.78, 5) is 54.2. The molecule has 13 nitrogen and oxygen atoms in total. The van der Waals surface area contributed by atoms with Gasteiger partial charge in [0.1, 0.15) is 11.4 Å². The molecule has 0 spiro atoms. The summed E-state index contributed by atoms with van der Waals surface area (Å²) in [6.45, 7) is 0. The molecular weight excluding hydrogens is 685 g/mol. The summed E-state index contributed by atoms with van der Waals surface area (Å²) in [6.07, 6.45) is 1.39. The topological polar surface area (TPSA) is 183 Å². The van der Waals surface area contributed by atoms with Gasteiger partial charge in [-0.15, -0.1) is 11.8 Å². The van der Waals surface area contributed by atoms with Gasteiger partial charge in [0.2, 0.25) is 21.8 Å². The molecule has 258 valence electrons. The summed E-state index contributed by atoms with van der Waals surface area (Å²) in [5.74, 6) is -0.864. The Morgan fingerprint density at radius 3 is 2.08 bits per heavy atom. The first-order chi connectivity index (χ1) is 23.9. The van der Waals surface area contributed by atoms with Crippen molar-refractivity contribution < 1.29 is 41.8 Å². The smallest absolute Gasteiger partial charge is 0.272 e. The van der Waals surface area contributed by atoms with Gasteiger partial charge in [0.15, 0.2) is 11.5 Å². The van der Waals surface area contributed by atoms with Gasteiger partial charge in [0.25, 0.3) is 11.8 Å². The average Bonchev–Trinajstić information content (AvgIpc) is 3.39. The van der Waals surface area contributed by atoms with Crippen molar-refractivity contribution in [2.75, 3.05) is 31.5 Å². The number of hydrogen-bond donors (Lipinski definition) is 3. The molecule has 1 aliphatic rings. The van der Waals surface area contributed by atoms with Crippen LogP contribution in [-0.2, 0) is 24.4 Å². The number of methoxy groups -OCH3 is 3. The van der Waals surface area contributed by atoms with E-state index in [1.165, 1.54) is 63.4 Å². The van der Waals surface area contributed by atoms with Gasteiger partial charge in [-0.25, -0.2) is 18.5 Å². The molecule has 1 aliphatic heterocycles. The Bertz CT molecular complexity index is 2070. The van der Waals surface area contributed by atoms with Crippen LogP contribution in [0.25, 0.3) is 6.08 Å². The number of carbonyl (C=O) groups is 4. The van der Waals surface area contributed by atoms with Crippen molar-refractivity contribution in [1.29, 1.82) is 0 Å². The number of benzene rings is 4. The summed E-state index contributed by atoms with van der Waals surface area (Å²) in [5, 5.41) is 9.88. The average molecular weight is 717 g/mol. The summed E-state index contributed by atoms with van der Waals surface area (Å²) in [5.41, 5.74) is 1.31. The third kappa shape index (κ3) is 8.14. The molecule has 0 bridgehead atoms. The fourth-order valence-electron chi connectivity index (χ4n) is 5.00. The van der Waals surface area contributed by atoms with Gasteiger partial charge in [-0.1, -0.05) is 18.2 Å². The van der Waals surface area contributed by atoms with Crippen molar-refractivity contribution in [2.24, 2.45) is 5.14 Å². The zero-order valence-electron chi connectivity index (χ0n) is 27.0. The van der Waals surface area contributed by atoms with Gasteiger partial charge < -0.3 is 24.8 Å². The van der Waals surface area contributed by atoms with E-state index >= 15 is 0 Å². The lowest BCUT2D eigenvalue weighted by molar-refractivity contribution is -0.121. The van der Waals surface area contributed by atoms with Gasteiger partial charge in [-0.3, -0.25) is 19.2 Å². The normalized spacial score (nSPS) is 14.7. The number of sulfonamides is 1. The van der Waals surface area contributed by atoms with Crippen LogP contribution in [0.1, 0.15) is 22.3 Å². The van der Waals surface area contributed by atoms with Crippen LogP contribution in [0.4, 0.5) is 11.4 Å². The second-order valence-electron chi connectivity index (χ2n) is 10.7. The number of primary sulfonamides is 1. The van der Waals surface area contributed by atoms with E-state index in [0.29, 0.717) is 39.0 Å². The third-order valence-electron chi connectivity index (χ3n) is 7.48. The Balaban J connectivity index is 1.33. The van der Waals surface area contributed by atoms with E-state index in [9.17, 15) is 27.6 Å². The Morgan fingerprint density at radius 1 is 0.860 bits per heavy atom. The van der Waals surface area contributed by atoms with E-state index in [1.807, 2.05) is 0 Å². The van der Waals surface area contributed by atoms with E-state index in [0.717, 1.165) is 4.90 Å². The van der Waals surface area contributed by atoms with Crippen molar-refractivity contribution in [2.45, 2.75) is 21.5 Å². The molecule has 1 fully saturated rings. The summed E-state index contributed by atoms with van der Waals surface area (Å²) < 4.78 is 39.4. The second kappa shape index (κ2) is 15.3. The monoisotopic (exact) mass is 716 g/mol. The molecule has 1 heterocycles. The number of rotatable bonds is 12. The van der Waals surface area contributed by atoms with E-state index in [1.54, 1.807) is 66.7 Å². The number of thioether (sulfide) groups is 1.